The molecule has 1 heterocycles. The van der Waals surface area contributed by atoms with Gasteiger partial charge in [-0.05, 0) is 22.9 Å². The first-order valence-electron chi connectivity index (χ1n) is 8.24. The second-order valence-electron chi connectivity index (χ2n) is 6.09. The van der Waals surface area contributed by atoms with E-state index in [1.165, 1.54) is 7.11 Å². The molecule has 0 saturated carbocycles. The van der Waals surface area contributed by atoms with Crippen molar-refractivity contribution in [3.63, 3.8) is 0 Å². The maximum Gasteiger partial charge on any atom is 0.312 e. The molecule has 6 nitrogen and oxygen atoms in total. The van der Waals surface area contributed by atoms with Gasteiger partial charge in [-0.1, -0.05) is 30.3 Å². The Labute approximate surface area is 147 Å². The lowest BCUT2D eigenvalue weighted by atomic mass is 10.1. The van der Waals surface area contributed by atoms with E-state index >= 15 is 0 Å². The monoisotopic (exact) mass is 364 g/mol. The highest BCUT2D eigenvalue weighted by atomic mass is 32.2. The topological polar surface area (TPSA) is 74.1 Å². The highest BCUT2D eigenvalue weighted by molar-refractivity contribution is 7.91. The standard InChI is InChI=1S/C18H21NO5S/c1-23-18(20)13-17(19-8-10-24-11-9-19)25(21,22)16-7-6-14-4-2-3-5-15(14)12-16/h2-7,12,17H,8-11,13H2,1H3/p+1/t17-/m0/s1. The number of ether oxygens (including phenoxy) is 2. The summed E-state index contributed by atoms with van der Waals surface area (Å²) in [6.45, 7) is 2.07. The minimum Gasteiger partial charge on any atom is -0.469 e. The van der Waals surface area contributed by atoms with Crippen LogP contribution in [0, 0.1) is 0 Å². The fraction of sp³-hybridized carbons (Fsp3) is 0.389. The Balaban J connectivity index is 1.99. The van der Waals surface area contributed by atoms with Gasteiger partial charge in [-0.25, -0.2) is 8.42 Å². The van der Waals surface area contributed by atoms with Crippen molar-refractivity contribution in [2.75, 3.05) is 33.4 Å². The van der Waals surface area contributed by atoms with Gasteiger partial charge in [0.05, 0.1) is 25.2 Å². The first-order chi connectivity index (χ1) is 12.0. The van der Waals surface area contributed by atoms with Crippen molar-refractivity contribution in [3.05, 3.63) is 42.5 Å². The van der Waals surface area contributed by atoms with E-state index in [2.05, 4.69) is 0 Å². The molecule has 0 radical (unpaired) electrons. The maximum atomic E-state index is 13.3. The second kappa shape index (κ2) is 7.51. The molecule has 1 aliphatic heterocycles. The van der Waals surface area contributed by atoms with Crippen molar-refractivity contribution in [3.8, 4) is 0 Å². The molecule has 1 atom stereocenters. The van der Waals surface area contributed by atoms with E-state index in [0.717, 1.165) is 15.7 Å². The number of esters is 1. The first kappa shape index (κ1) is 17.8. The summed E-state index contributed by atoms with van der Waals surface area (Å²) < 4.78 is 36.6. The number of carbonyl (C=O) groups is 1. The van der Waals surface area contributed by atoms with E-state index in [-0.39, 0.29) is 11.3 Å². The summed E-state index contributed by atoms with van der Waals surface area (Å²) in [5.41, 5.74) is 0. The van der Waals surface area contributed by atoms with Gasteiger partial charge in [0.1, 0.15) is 19.5 Å². The molecule has 134 valence electrons. The normalized spacial score (nSPS) is 17.3. The third-order valence-electron chi connectivity index (χ3n) is 4.59. The van der Waals surface area contributed by atoms with E-state index < -0.39 is 21.2 Å². The Morgan fingerprint density at radius 2 is 1.84 bits per heavy atom. The van der Waals surface area contributed by atoms with E-state index in [4.69, 9.17) is 9.47 Å². The van der Waals surface area contributed by atoms with Crippen LogP contribution in [-0.4, -0.2) is 53.2 Å². The van der Waals surface area contributed by atoms with Crippen LogP contribution in [0.3, 0.4) is 0 Å². The molecular formula is C18H22NO5S+. The number of nitrogens with one attached hydrogen (secondary N) is 1. The lowest BCUT2D eigenvalue weighted by Crippen LogP contribution is -3.18. The number of quaternary nitrogens is 1. The number of hydrogen-bond acceptors (Lipinski definition) is 5. The SMILES string of the molecule is COC(=O)C[C@@H]([NH+]1CCOCC1)S(=O)(=O)c1ccc2ccccc2c1. The number of sulfone groups is 1. The van der Waals surface area contributed by atoms with Crippen molar-refractivity contribution in [1.29, 1.82) is 0 Å². The van der Waals surface area contributed by atoms with E-state index in [0.29, 0.717) is 26.3 Å². The zero-order chi connectivity index (χ0) is 17.9. The van der Waals surface area contributed by atoms with Crippen LogP contribution in [-0.2, 0) is 24.1 Å². The number of rotatable bonds is 5. The predicted molar refractivity (Wildman–Crippen MR) is 93.1 cm³/mol. The molecule has 0 amide bonds. The van der Waals surface area contributed by atoms with Gasteiger partial charge >= 0.3 is 5.97 Å². The molecule has 1 N–H and O–H groups in total. The number of hydrogen-bond donors (Lipinski definition) is 1. The summed E-state index contributed by atoms with van der Waals surface area (Å²) in [6.07, 6.45) is -0.166. The number of benzene rings is 2. The van der Waals surface area contributed by atoms with Crippen LogP contribution >= 0.6 is 0 Å². The van der Waals surface area contributed by atoms with Crippen LogP contribution in [0.15, 0.2) is 47.4 Å². The van der Waals surface area contributed by atoms with Crippen molar-refractivity contribution >= 4 is 26.6 Å². The van der Waals surface area contributed by atoms with Crippen LogP contribution in [0.2, 0.25) is 0 Å². The Bertz CT molecular complexity index is 859. The van der Waals surface area contributed by atoms with Crippen LogP contribution in [0.25, 0.3) is 10.8 Å². The lowest BCUT2D eigenvalue weighted by molar-refractivity contribution is -0.918. The molecule has 1 aliphatic rings. The quantitative estimate of drug-likeness (QED) is 0.779. The van der Waals surface area contributed by atoms with Crippen molar-refractivity contribution in [2.24, 2.45) is 0 Å². The molecule has 2 aromatic rings. The lowest BCUT2D eigenvalue weighted by Gasteiger charge is -2.30. The summed E-state index contributed by atoms with van der Waals surface area (Å²) in [5.74, 6) is -0.520. The minimum absolute atomic E-state index is 0.166. The zero-order valence-corrected chi connectivity index (χ0v) is 14.9. The fourth-order valence-electron chi connectivity index (χ4n) is 3.17. The van der Waals surface area contributed by atoms with Crippen molar-refractivity contribution in [2.45, 2.75) is 16.7 Å². The molecule has 0 spiro atoms. The molecule has 1 saturated heterocycles. The predicted octanol–water partition coefficient (Wildman–Crippen LogP) is 0.418. The first-order valence-corrected chi connectivity index (χ1v) is 9.79. The van der Waals surface area contributed by atoms with Gasteiger partial charge in [-0.2, -0.15) is 0 Å². The molecule has 25 heavy (non-hydrogen) atoms. The number of carbonyl (C=O) groups excluding carboxylic acids is 1. The largest absolute Gasteiger partial charge is 0.469 e. The summed E-state index contributed by atoms with van der Waals surface area (Å²) in [6, 6.07) is 12.7. The van der Waals surface area contributed by atoms with Crippen LogP contribution in [0.5, 0.6) is 0 Å². The van der Waals surface area contributed by atoms with Gasteiger partial charge < -0.3 is 14.4 Å². The van der Waals surface area contributed by atoms with Crippen molar-refractivity contribution in [1.82, 2.24) is 0 Å². The molecule has 0 unspecified atom stereocenters. The third kappa shape index (κ3) is 3.84. The average Bonchev–Trinajstić information content (AvgIpc) is 2.66. The van der Waals surface area contributed by atoms with Gasteiger partial charge in [0.15, 0.2) is 0 Å². The molecular weight excluding hydrogens is 342 g/mol. The van der Waals surface area contributed by atoms with Gasteiger partial charge in [0, 0.05) is 0 Å². The van der Waals surface area contributed by atoms with Gasteiger partial charge in [-0.15, -0.1) is 0 Å². The van der Waals surface area contributed by atoms with E-state index in [1.807, 2.05) is 24.3 Å². The Kier molecular flexibility index (Phi) is 5.36. The number of methoxy groups -OCH3 is 1. The molecule has 0 bridgehead atoms. The van der Waals surface area contributed by atoms with Gasteiger partial charge in [0.25, 0.3) is 0 Å². The van der Waals surface area contributed by atoms with E-state index in [9.17, 15) is 13.2 Å². The fourth-order valence-corrected chi connectivity index (χ4v) is 5.08. The molecule has 3 rings (SSSR count). The maximum absolute atomic E-state index is 13.3. The summed E-state index contributed by atoms with van der Waals surface area (Å²) >= 11 is 0. The summed E-state index contributed by atoms with van der Waals surface area (Å²) in [4.78, 5) is 12.9. The Morgan fingerprint density at radius 3 is 2.52 bits per heavy atom. The molecule has 0 aromatic heterocycles. The van der Waals surface area contributed by atoms with Gasteiger partial charge in [-0.3, -0.25) is 4.79 Å². The van der Waals surface area contributed by atoms with Crippen LogP contribution in [0.1, 0.15) is 6.42 Å². The second-order valence-corrected chi connectivity index (χ2v) is 8.22. The summed E-state index contributed by atoms with van der Waals surface area (Å²) in [7, 11) is -2.42. The zero-order valence-electron chi connectivity index (χ0n) is 14.1. The van der Waals surface area contributed by atoms with Crippen molar-refractivity contribution < 1.29 is 27.6 Å². The molecule has 2 aromatic carbocycles. The third-order valence-corrected chi connectivity index (χ3v) is 6.75. The molecule has 1 fully saturated rings. The Morgan fingerprint density at radius 1 is 1.16 bits per heavy atom. The minimum atomic E-state index is -3.69. The van der Waals surface area contributed by atoms with E-state index in [1.54, 1.807) is 18.2 Å². The number of morpholine rings is 1. The molecule has 0 aliphatic carbocycles. The Hall–Kier alpha value is -1.96. The number of fused-ring (bicyclic) bond motifs is 1. The van der Waals surface area contributed by atoms with Gasteiger partial charge in [0.2, 0.25) is 15.2 Å². The average molecular weight is 364 g/mol. The van der Waals surface area contributed by atoms with Crippen LogP contribution in [0.4, 0.5) is 0 Å². The molecule has 7 heteroatoms. The highest BCUT2D eigenvalue weighted by Gasteiger charge is 2.39. The van der Waals surface area contributed by atoms with Crippen LogP contribution < -0.4 is 4.90 Å². The smallest absolute Gasteiger partial charge is 0.312 e. The highest BCUT2D eigenvalue weighted by Crippen LogP contribution is 2.22. The summed E-state index contributed by atoms with van der Waals surface area (Å²) in [5, 5.41) is 0.965.